The van der Waals surface area contributed by atoms with Crippen molar-refractivity contribution >= 4 is 45.1 Å². The number of rotatable bonds is 11. The molecule has 0 heterocycles. The highest BCUT2D eigenvalue weighted by Gasteiger charge is 2.05. The molecule has 0 fully saturated rings. The molecule has 19 rings (SSSR count). The van der Waals surface area contributed by atoms with Crippen molar-refractivity contribution in [3.8, 4) is 34.1 Å². The monoisotopic (exact) mass is 1850 g/mol. The number of aryl methyl sites for hydroxylation is 23. The molecule has 19 aromatic carbocycles. The van der Waals surface area contributed by atoms with Crippen molar-refractivity contribution in [1.82, 2.24) is 0 Å². The van der Waals surface area contributed by atoms with Crippen LogP contribution in [0.15, 0.2) is 450 Å². The van der Waals surface area contributed by atoms with E-state index in [9.17, 15) is 0 Å². The first-order valence-corrected chi connectivity index (χ1v) is 49.4. The van der Waals surface area contributed by atoms with Gasteiger partial charge < -0.3 is 9.47 Å². The van der Waals surface area contributed by atoms with E-state index in [-0.39, 0.29) is 0 Å². The Balaban J connectivity index is 0.000000171. The molecule has 0 spiro atoms. The van der Waals surface area contributed by atoms with E-state index in [0.717, 1.165) is 29.4 Å². The zero-order valence-electron chi connectivity index (χ0n) is 85.8. The summed E-state index contributed by atoms with van der Waals surface area (Å²) in [6.45, 7) is 48.5. The number of benzene rings is 19. The van der Waals surface area contributed by atoms with E-state index in [1.807, 2.05) is 103 Å². The summed E-state index contributed by atoms with van der Waals surface area (Å²) in [5, 5.41) is 5.41. The highest BCUT2D eigenvalue weighted by molar-refractivity contribution is 7.99. The Morgan fingerprint density at radius 3 is 0.710 bits per heavy atom. The second kappa shape index (κ2) is 57.1. The van der Waals surface area contributed by atoms with Gasteiger partial charge in [-0.2, -0.15) is 0 Å². The van der Waals surface area contributed by atoms with Crippen molar-refractivity contribution in [3.05, 3.63) is 570 Å². The van der Waals surface area contributed by atoms with Crippen LogP contribution in [0.1, 0.15) is 139 Å². The van der Waals surface area contributed by atoms with Gasteiger partial charge in [-0.25, -0.2) is 0 Å². The van der Waals surface area contributed by atoms with Crippen LogP contribution in [-0.4, -0.2) is 0 Å². The number of ether oxygens (including phenoxy) is 2. The normalized spacial score (nSPS) is 10.1. The van der Waals surface area contributed by atoms with Gasteiger partial charge in [0.2, 0.25) is 0 Å². The molecule has 0 bridgehead atoms. The fourth-order valence-corrected chi connectivity index (χ4v) is 15.9. The first-order chi connectivity index (χ1) is 66.3. The van der Waals surface area contributed by atoms with Gasteiger partial charge in [-0.15, -0.1) is 0 Å². The minimum atomic E-state index is 0.879. The summed E-state index contributed by atoms with van der Waals surface area (Å²) >= 11 is 3.62. The summed E-state index contributed by atoms with van der Waals surface area (Å²) in [6.07, 6.45) is 1.03. The Labute approximate surface area is 837 Å². The Hall–Kier alpha value is -14.0. The predicted octanol–water partition coefficient (Wildman–Crippen LogP) is 39.1. The van der Waals surface area contributed by atoms with Crippen LogP contribution in [0.2, 0.25) is 0 Å². The molecule has 0 saturated carbocycles. The molecule has 0 aliphatic carbocycles. The molecule has 702 valence electrons. The maximum absolute atomic E-state index is 5.71. The smallest absolute Gasteiger partial charge is 0.127 e. The standard InChI is InChI=1S/C15H16.2C14H14O.2C14H14S.C14H14.2C12H12.C9H12.2C8H10/c1-12-3-7-14(8-4-12)11-15-9-5-13(2)6-10-15;1-11-3-7-13(8-4-11)15-14-9-5-12(2)6-10-14;1-11-6-8-13(9-7-11)15-14-5-3-4-12(2)10-14;1-11-3-7-13(8-4-11)15-14-9-5-12(2)6-10-14;1-11-6-8-13(9-7-11)15-14-5-3-4-12(2)10-14;1-11-3-7-13(8-4-11)14-9-5-12(2)6-10-14;1-9-3-5-12-8-10(2)4-6-11(12)7-9;1-9-7-8-10(2)12-6-4-3-5-11(9)12;1-7-4-5-8(2)9(3)6-7;1-7-3-5-8(2)6-4-7;1-7-4-3-5-8(2)6-7/h3-10H,11H2,1-2H3;4*3-10H,1-2H3;3-10H,1-2H3;2*3-8H,1-2H3;4-6H,1-3H3;2*3-6H,1-2H3. The molecule has 0 amide bonds. The predicted molar refractivity (Wildman–Crippen MR) is 604 cm³/mol. The SMILES string of the molecule is Cc1ccc(-c2ccc(C)cc2)cc1.Cc1ccc(C)c(C)c1.Cc1ccc(C)c2ccccc12.Cc1ccc(C)cc1.Cc1ccc(Cc2ccc(C)cc2)cc1.Cc1ccc(Oc2ccc(C)cc2)cc1.Cc1ccc(Oc2cccc(C)c2)cc1.Cc1ccc(Sc2ccc(C)cc2)cc1.Cc1ccc(Sc2cccc(C)c2)cc1.Cc1ccc2cc(C)ccc2c1.Cc1cccc(C)c1. The quantitative estimate of drug-likeness (QED) is 0.128. The van der Waals surface area contributed by atoms with Crippen molar-refractivity contribution in [3.63, 3.8) is 0 Å². The fraction of sp³-hybridized carbons (Fsp3) is 0.179. The lowest BCUT2D eigenvalue weighted by atomic mass is 10.0. The van der Waals surface area contributed by atoms with Gasteiger partial charge in [0, 0.05) is 19.6 Å². The summed E-state index contributed by atoms with van der Waals surface area (Å²) in [7, 11) is 0. The van der Waals surface area contributed by atoms with Gasteiger partial charge in [0.25, 0.3) is 0 Å². The van der Waals surface area contributed by atoms with E-state index in [2.05, 4.69) is 499 Å². The third-order valence-corrected chi connectivity index (χ3v) is 24.7. The molecule has 0 aliphatic heterocycles. The van der Waals surface area contributed by atoms with Crippen LogP contribution < -0.4 is 9.47 Å². The van der Waals surface area contributed by atoms with E-state index in [1.165, 1.54) is 191 Å². The zero-order chi connectivity index (χ0) is 99.3. The van der Waals surface area contributed by atoms with Crippen LogP contribution in [0.25, 0.3) is 32.7 Å². The topological polar surface area (TPSA) is 18.5 Å². The Morgan fingerprint density at radius 2 is 0.399 bits per heavy atom. The molecule has 0 saturated heterocycles. The average Bonchev–Trinajstić information content (AvgIpc) is 0.815. The van der Waals surface area contributed by atoms with E-state index in [0.29, 0.717) is 0 Å². The molecule has 0 unspecified atom stereocenters. The summed E-state index contributed by atoms with van der Waals surface area (Å²) in [5.74, 6) is 3.53. The molecule has 0 atom stereocenters. The lowest BCUT2D eigenvalue weighted by molar-refractivity contribution is 0.482. The maximum Gasteiger partial charge on any atom is 0.127 e. The first-order valence-electron chi connectivity index (χ1n) is 47.8. The maximum atomic E-state index is 5.71. The van der Waals surface area contributed by atoms with Crippen molar-refractivity contribution in [2.24, 2.45) is 0 Å². The van der Waals surface area contributed by atoms with Crippen molar-refractivity contribution in [1.29, 1.82) is 0 Å². The van der Waals surface area contributed by atoms with Crippen LogP contribution in [0, 0.1) is 159 Å². The molecule has 0 N–H and O–H groups in total. The average molecular weight is 1850 g/mol. The molecule has 0 radical (unpaired) electrons. The molecule has 138 heavy (non-hydrogen) atoms. The summed E-state index contributed by atoms with van der Waals surface area (Å²) < 4.78 is 11.4. The fourth-order valence-electron chi connectivity index (χ4n) is 14.1. The van der Waals surface area contributed by atoms with E-state index < -0.39 is 0 Å². The lowest BCUT2D eigenvalue weighted by Crippen LogP contribution is -1.88. The van der Waals surface area contributed by atoms with E-state index in [1.54, 1.807) is 11.8 Å². The van der Waals surface area contributed by atoms with Crippen LogP contribution in [-0.2, 0) is 6.42 Å². The van der Waals surface area contributed by atoms with Crippen molar-refractivity contribution in [2.45, 2.75) is 185 Å². The number of hydrogen-bond donors (Lipinski definition) is 0. The third-order valence-electron chi connectivity index (χ3n) is 22.7. The number of fused-ring (bicyclic) bond motifs is 2. The van der Waals surface area contributed by atoms with Crippen molar-refractivity contribution in [2.75, 3.05) is 0 Å². The molecular formula is C134H142O2S2. The van der Waals surface area contributed by atoms with E-state index in [4.69, 9.17) is 9.47 Å². The second-order valence-corrected chi connectivity index (χ2v) is 38.6. The van der Waals surface area contributed by atoms with Crippen LogP contribution in [0.3, 0.4) is 0 Å². The van der Waals surface area contributed by atoms with E-state index >= 15 is 0 Å². The van der Waals surface area contributed by atoms with Gasteiger partial charge in [-0.1, -0.05) is 457 Å². The minimum absolute atomic E-state index is 0.879. The van der Waals surface area contributed by atoms with Crippen molar-refractivity contribution < 1.29 is 9.47 Å². The highest BCUT2D eigenvalue weighted by atomic mass is 32.2. The third kappa shape index (κ3) is 40.9. The Bertz CT molecular complexity index is 6200. The highest BCUT2D eigenvalue weighted by Crippen LogP contribution is 2.32. The lowest BCUT2D eigenvalue weighted by Gasteiger charge is -2.06. The van der Waals surface area contributed by atoms with Gasteiger partial charge in [-0.3, -0.25) is 0 Å². The molecule has 4 heteroatoms. The second-order valence-electron chi connectivity index (χ2n) is 36.3. The molecule has 0 aliphatic rings. The van der Waals surface area contributed by atoms with Gasteiger partial charge in [0.15, 0.2) is 0 Å². The van der Waals surface area contributed by atoms with Gasteiger partial charge in [0.1, 0.15) is 23.0 Å². The molecule has 0 aromatic heterocycles. The Morgan fingerprint density at radius 1 is 0.152 bits per heavy atom. The molecule has 2 nitrogen and oxygen atoms in total. The number of hydrogen-bond acceptors (Lipinski definition) is 4. The molecule has 19 aromatic rings. The van der Waals surface area contributed by atoms with Crippen LogP contribution in [0.4, 0.5) is 0 Å². The zero-order valence-corrected chi connectivity index (χ0v) is 87.5. The van der Waals surface area contributed by atoms with Gasteiger partial charge in [-0.05, 0) is 334 Å². The van der Waals surface area contributed by atoms with Crippen LogP contribution >= 0.6 is 23.5 Å². The molecular weight excluding hydrogens is 1710 g/mol. The van der Waals surface area contributed by atoms with Crippen LogP contribution in [0.5, 0.6) is 23.0 Å². The first kappa shape index (κ1) is 108. The van der Waals surface area contributed by atoms with Gasteiger partial charge >= 0.3 is 0 Å². The minimum Gasteiger partial charge on any atom is -0.457 e. The summed E-state index contributed by atoms with van der Waals surface area (Å²) in [5.41, 5.74) is 35.6. The van der Waals surface area contributed by atoms with Gasteiger partial charge in [0.05, 0.1) is 0 Å². The Kier molecular flexibility index (Phi) is 44.6. The largest absolute Gasteiger partial charge is 0.457 e. The summed E-state index contributed by atoms with van der Waals surface area (Å²) in [4.78, 5) is 5.19. The summed E-state index contributed by atoms with van der Waals surface area (Å²) in [6, 6.07) is 151.